The Bertz CT molecular complexity index is 75.4. The zero-order chi connectivity index (χ0) is 5.86. The van der Waals surface area contributed by atoms with E-state index in [1.807, 2.05) is 13.8 Å². The van der Waals surface area contributed by atoms with Crippen molar-refractivity contribution in [2.45, 2.75) is 20.3 Å². The summed E-state index contributed by atoms with van der Waals surface area (Å²) in [5.41, 5.74) is 4.85. The van der Waals surface area contributed by atoms with Crippen LogP contribution in [0.5, 0.6) is 0 Å². The van der Waals surface area contributed by atoms with E-state index in [1.54, 1.807) is 0 Å². The molecule has 0 aliphatic heterocycles. The lowest BCUT2D eigenvalue weighted by atomic mass is 10.1. The summed E-state index contributed by atoms with van der Waals surface area (Å²) in [6.07, 6.45) is 0.500. The normalized spacial score (nSPS) is 7.44. The van der Waals surface area contributed by atoms with E-state index in [1.165, 1.54) is 0 Å². The van der Waals surface area contributed by atoms with Gasteiger partial charge in [0.2, 0.25) is 5.91 Å². The fourth-order valence-corrected chi connectivity index (χ4v) is 0.402. The van der Waals surface area contributed by atoms with Crippen molar-refractivity contribution < 1.29 is 4.79 Å². The van der Waals surface area contributed by atoms with Gasteiger partial charge in [0, 0.05) is 6.42 Å². The van der Waals surface area contributed by atoms with Crippen molar-refractivity contribution in [2.75, 3.05) is 0 Å². The second kappa shape index (κ2) is 8.05. The Morgan fingerprint density at radius 2 is 1.78 bits per heavy atom. The third kappa shape index (κ3) is 18.0. The van der Waals surface area contributed by atoms with E-state index in [2.05, 4.69) is 0 Å². The number of nitrogens with two attached hydrogens (primary N) is 1. The van der Waals surface area contributed by atoms with Gasteiger partial charge in [-0.3, -0.25) is 4.79 Å². The number of rotatable bonds is 2. The second-order valence-electron chi connectivity index (χ2n) is 2.06. The van der Waals surface area contributed by atoms with Crippen LogP contribution in [0.1, 0.15) is 20.3 Å². The van der Waals surface area contributed by atoms with Gasteiger partial charge in [-0.1, -0.05) is 13.8 Å². The zero-order valence-electron chi connectivity index (χ0n) is 5.59. The van der Waals surface area contributed by atoms with E-state index in [0.717, 1.165) is 0 Å². The van der Waals surface area contributed by atoms with E-state index >= 15 is 0 Å². The fourth-order valence-electron chi connectivity index (χ4n) is 0.402. The summed E-state index contributed by atoms with van der Waals surface area (Å²) in [6.45, 7) is 3.93. The van der Waals surface area contributed by atoms with Crippen LogP contribution in [0, 0.1) is 5.92 Å². The Kier molecular flexibility index (Phi) is 14.3. The van der Waals surface area contributed by atoms with Crippen molar-refractivity contribution in [2.24, 2.45) is 11.7 Å². The minimum atomic E-state index is -0.213. The number of primary amides is 1. The quantitative estimate of drug-likeness (QED) is 0.674. The van der Waals surface area contributed by atoms with Crippen molar-refractivity contribution in [1.82, 2.24) is 0 Å². The fraction of sp³-hybridized carbons (Fsp3) is 0.800. The maximum absolute atomic E-state index is 10.0. The van der Waals surface area contributed by atoms with Crippen LogP contribution < -0.4 is 5.73 Å². The van der Waals surface area contributed by atoms with Gasteiger partial charge in [-0.05, 0) is 5.92 Å². The van der Waals surface area contributed by atoms with Gasteiger partial charge in [-0.2, -0.15) is 0 Å². The molecule has 58 valence electrons. The second-order valence-corrected chi connectivity index (χ2v) is 2.06. The summed E-state index contributed by atoms with van der Waals surface area (Å²) in [5.74, 6) is 0.188. The molecule has 2 nitrogen and oxygen atoms in total. The molecule has 0 fully saturated rings. The highest BCUT2D eigenvalue weighted by atomic mass is 35.5. The SMILES string of the molecule is CC(C)CC(N)=O.Cl.Cl. The third-order valence-corrected chi connectivity index (χ3v) is 0.609. The van der Waals surface area contributed by atoms with Crippen LogP contribution in [0.15, 0.2) is 0 Å². The molecule has 9 heavy (non-hydrogen) atoms. The molecule has 0 radical (unpaired) electrons. The van der Waals surface area contributed by atoms with Gasteiger partial charge >= 0.3 is 0 Å². The largest absolute Gasteiger partial charge is 0.370 e. The predicted octanol–water partition coefficient (Wildman–Crippen LogP) is 1.36. The van der Waals surface area contributed by atoms with Gasteiger partial charge < -0.3 is 5.73 Å². The first-order valence-corrected chi connectivity index (χ1v) is 2.41. The summed E-state index contributed by atoms with van der Waals surface area (Å²) >= 11 is 0. The van der Waals surface area contributed by atoms with Crippen molar-refractivity contribution >= 4 is 30.7 Å². The standard InChI is InChI=1S/C5H11NO.2ClH/c1-4(2)3-5(6)7;;/h4H,3H2,1-2H3,(H2,6,7);2*1H. The lowest BCUT2D eigenvalue weighted by Crippen LogP contribution is -2.12. The summed E-state index contributed by atoms with van der Waals surface area (Å²) in [5, 5.41) is 0. The van der Waals surface area contributed by atoms with Crippen LogP contribution in [0.4, 0.5) is 0 Å². The van der Waals surface area contributed by atoms with E-state index in [4.69, 9.17) is 5.73 Å². The Labute approximate surface area is 68.0 Å². The van der Waals surface area contributed by atoms with Crippen LogP contribution in [-0.2, 0) is 4.79 Å². The molecule has 0 aromatic heterocycles. The Morgan fingerprint density at radius 1 is 1.44 bits per heavy atom. The van der Waals surface area contributed by atoms with Crippen LogP contribution in [0.25, 0.3) is 0 Å². The van der Waals surface area contributed by atoms with Gasteiger partial charge in [0.1, 0.15) is 0 Å². The molecule has 0 aromatic carbocycles. The van der Waals surface area contributed by atoms with E-state index < -0.39 is 0 Å². The summed E-state index contributed by atoms with van der Waals surface area (Å²) in [4.78, 5) is 10.0. The van der Waals surface area contributed by atoms with Gasteiger partial charge in [-0.15, -0.1) is 24.8 Å². The molecule has 0 rings (SSSR count). The highest BCUT2D eigenvalue weighted by molar-refractivity contribution is 5.85. The lowest BCUT2D eigenvalue weighted by molar-refractivity contribution is -0.118. The lowest BCUT2D eigenvalue weighted by Gasteiger charge is -1.95. The van der Waals surface area contributed by atoms with Crippen LogP contribution in [0.3, 0.4) is 0 Å². The summed E-state index contributed by atoms with van der Waals surface area (Å²) in [6, 6.07) is 0. The first-order valence-electron chi connectivity index (χ1n) is 2.41. The van der Waals surface area contributed by atoms with E-state index in [9.17, 15) is 4.79 Å². The number of hydrogen-bond donors (Lipinski definition) is 1. The van der Waals surface area contributed by atoms with Crippen LogP contribution >= 0.6 is 24.8 Å². The Balaban J connectivity index is -0.000000180. The van der Waals surface area contributed by atoms with Crippen LogP contribution in [0.2, 0.25) is 0 Å². The van der Waals surface area contributed by atoms with Gasteiger partial charge in [0.25, 0.3) is 0 Å². The average molecular weight is 174 g/mol. The van der Waals surface area contributed by atoms with Crippen molar-refractivity contribution in [3.8, 4) is 0 Å². The number of amides is 1. The summed E-state index contributed by atoms with van der Waals surface area (Å²) in [7, 11) is 0. The summed E-state index contributed by atoms with van der Waals surface area (Å²) < 4.78 is 0. The number of carbonyl (C=O) groups is 1. The maximum Gasteiger partial charge on any atom is 0.217 e. The molecule has 0 aromatic rings. The molecule has 0 aliphatic carbocycles. The van der Waals surface area contributed by atoms with Gasteiger partial charge in [-0.25, -0.2) is 0 Å². The highest BCUT2D eigenvalue weighted by Gasteiger charge is 1.96. The molecular formula is C5H13Cl2NO. The molecule has 0 spiro atoms. The molecular weight excluding hydrogens is 161 g/mol. The van der Waals surface area contributed by atoms with E-state index in [0.29, 0.717) is 12.3 Å². The number of halogens is 2. The minimum absolute atomic E-state index is 0. The van der Waals surface area contributed by atoms with Crippen molar-refractivity contribution in [1.29, 1.82) is 0 Å². The molecule has 2 N–H and O–H groups in total. The molecule has 1 amide bonds. The maximum atomic E-state index is 10.0. The molecule has 0 heterocycles. The van der Waals surface area contributed by atoms with Crippen molar-refractivity contribution in [3.63, 3.8) is 0 Å². The molecule has 0 bridgehead atoms. The Hall–Kier alpha value is 0.0500. The van der Waals surface area contributed by atoms with Crippen LogP contribution in [-0.4, -0.2) is 5.91 Å². The first-order chi connectivity index (χ1) is 3.13. The topological polar surface area (TPSA) is 43.1 Å². The molecule has 0 atom stereocenters. The molecule has 0 aliphatic rings. The minimum Gasteiger partial charge on any atom is -0.370 e. The highest BCUT2D eigenvalue weighted by Crippen LogP contribution is 1.95. The molecule has 4 heteroatoms. The monoisotopic (exact) mass is 173 g/mol. The Morgan fingerprint density at radius 3 is 1.78 bits per heavy atom. The van der Waals surface area contributed by atoms with E-state index in [-0.39, 0.29) is 30.7 Å². The first kappa shape index (κ1) is 16.0. The predicted molar refractivity (Wildman–Crippen MR) is 43.1 cm³/mol. The average Bonchev–Trinajstić information content (AvgIpc) is 1.27. The zero-order valence-corrected chi connectivity index (χ0v) is 7.22. The molecule has 0 saturated carbocycles. The molecule has 0 unspecified atom stereocenters. The number of carbonyl (C=O) groups excluding carboxylic acids is 1. The van der Waals surface area contributed by atoms with Crippen molar-refractivity contribution in [3.05, 3.63) is 0 Å². The smallest absolute Gasteiger partial charge is 0.217 e. The third-order valence-electron chi connectivity index (χ3n) is 0.609. The van der Waals surface area contributed by atoms with Gasteiger partial charge in [0.15, 0.2) is 0 Å². The van der Waals surface area contributed by atoms with Gasteiger partial charge in [0.05, 0.1) is 0 Å². The number of hydrogen-bond acceptors (Lipinski definition) is 1. The molecule has 0 saturated heterocycles.